The lowest BCUT2D eigenvalue weighted by atomic mass is 9.96. The molecule has 2 rings (SSSR count). The largest absolute Gasteiger partial charge is 0.465 e. The van der Waals surface area contributed by atoms with E-state index in [1.165, 1.54) is 18.4 Å². The minimum atomic E-state index is -0.0894. The van der Waals surface area contributed by atoms with E-state index in [9.17, 15) is 9.59 Å². The number of hydrogen-bond acceptors (Lipinski definition) is 3. The molecule has 144 valence electrons. The van der Waals surface area contributed by atoms with Gasteiger partial charge in [0.05, 0.1) is 12.5 Å². The Balaban J connectivity index is 1.77. The maximum Gasteiger partial charge on any atom is 0.309 e. The van der Waals surface area contributed by atoms with E-state index in [2.05, 4.69) is 26.0 Å². The molecule has 1 aliphatic rings. The van der Waals surface area contributed by atoms with Gasteiger partial charge in [-0.2, -0.15) is 0 Å². The Kier molecular flexibility index (Phi) is 8.66. The number of benzene rings is 1. The highest BCUT2D eigenvalue weighted by Crippen LogP contribution is 2.21. The highest BCUT2D eigenvalue weighted by atomic mass is 16.5. The standard InChI is InChI=1S/C22H33NO3/c1-3-5-7-17-26-22(25)20-13-15-23(16-14-20)21(24)19-11-9-18(10-12-19)8-6-4-2/h9-12,20H,3-8,13-17H2,1-2H3. The van der Waals surface area contributed by atoms with E-state index in [-0.39, 0.29) is 17.8 Å². The Morgan fingerprint density at radius 3 is 2.27 bits per heavy atom. The number of unbranched alkanes of at least 4 members (excludes halogenated alkanes) is 3. The number of rotatable bonds is 9. The van der Waals surface area contributed by atoms with Gasteiger partial charge < -0.3 is 9.64 Å². The minimum Gasteiger partial charge on any atom is -0.465 e. The molecule has 1 aromatic carbocycles. The fraction of sp³-hybridized carbons (Fsp3) is 0.636. The molecule has 1 heterocycles. The summed E-state index contributed by atoms with van der Waals surface area (Å²) in [7, 11) is 0. The van der Waals surface area contributed by atoms with E-state index in [0.717, 1.165) is 31.2 Å². The van der Waals surface area contributed by atoms with Crippen LogP contribution in [0.15, 0.2) is 24.3 Å². The minimum absolute atomic E-state index is 0.0582. The smallest absolute Gasteiger partial charge is 0.309 e. The van der Waals surface area contributed by atoms with Crippen LogP contribution in [0.25, 0.3) is 0 Å². The summed E-state index contributed by atoms with van der Waals surface area (Å²) in [6.45, 7) is 6.10. The Bertz CT molecular complexity index is 559. The summed E-state index contributed by atoms with van der Waals surface area (Å²) in [5.74, 6) is -0.0765. The Morgan fingerprint density at radius 1 is 1.00 bits per heavy atom. The van der Waals surface area contributed by atoms with Gasteiger partial charge in [-0.3, -0.25) is 9.59 Å². The predicted molar refractivity (Wildman–Crippen MR) is 104 cm³/mol. The summed E-state index contributed by atoms with van der Waals surface area (Å²) < 4.78 is 5.37. The molecule has 1 saturated heterocycles. The summed E-state index contributed by atoms with van der Waals surface area (Å²) >= 11 is 0. The van der Waals surface area contributed by atoms with Crippen LogP contribution in [-0.4, -0.2) is 36.5 Å². The first-order valence-electron chi connectivity index (χ1n) is 10.2. The van der Waals surface area contributed by atoms with Crippen LogP contribution >= 0.6 is 0 Å². The monoisotopic (exact) mass is 359 g/mol. The molecule has 1 amide bonds. The lowest BCUT2D eigenvalue weighted by Gasteiger charge is -2.31. The number of carbonyl (C=O) groups excluding carboxylic acids is 2. The molecule has 0 unspecified atom stereocenters. The van der Waals surface area contributed by atoms with Crippen molar-refractivity contribution in [1.82, 2.24) is 4.90 Å². The molecule has 0 aliphatic carbocycles. The van der Waals surface area contributed by atoms with Crippen LogP contribution in [-0.2, 0) is 16.0 Å². The molecule has 0 spiro atoms. The average molecular weight is 360 g/mol. The van der Waals surface area contributed by atoms with Gasteiger partial charge in [0, 0.05) is 18.7 Å². The average Bonchev–Trinajstić information content (AvgIpc) is 2.69. The second-order valence-corrected chi connectivity index (χ2v) is 7.24. The van der Waals surface area contributed by atoms with Crippen molar-refractivity contribution in [2.45, 2.75) is 65.2 Å². The predicted octanol–water partition coefficient (Wildman–Crippen LogP) is 4.61. The summed E-state index contributed by atoms with van der Waals surface area (Å²) in [5.41, 5.74) is 2.03. The van der Waals surface area contributed by atoms with Gasteiger partial charge in [0.15, 0.2) is 0 Å². The number of likely N-dealkylation sites (tertiary alicyclic amines) is 1. The van der Waals surface area contributed by atoms with Crippen LogP contribution in [0.4, 0.5) is 0 Å². The van der Waals surface area contributed by atoms with E-state index < -0.39 is 0 Å². The zero-order chi connectivity index (χ0) is 18.8. The second-order valence-electron chi connectivity index (χ2n) is 7.24. The van der Waals surface area contributed by atoms with E-state index >= 15 is 0 Å². The normalized spacial score (nSPS) is 15.1. The molecule has 1 fully saturated rings. The Hall–Kier alpha value is -1.84. The number of piperidine rings is 1. The van der Waals surface area contributed by atoms with Gasteiger partial charge in [0.2, 0.25) is 0 Å². The number of esters is 1. The molecule has 0 atom stereocenters. The first-order valence-corrected chi connectivity index (χ1v) is 10.2. The van der Waals surface area contributed by atoms with E-state index in [4.69, 9.17) is 4.74 Å². The van der Waals surface area contributed by atoms with Gasteiger partial charge in [0.25, 0.3) is 5.91 Å². The molecule has 0 aromatic heterocycles. The first kappa shape index (κ1) is 20.5. The zero-order valence-corrected chi connectivity index (χ0v) is 16.3. The molecular formula is C22H33NO3. The van der Waals surface area contributed by atoms with Crippen LogP contribution in [0.5, 0.6) is 0 Å². The van der Waals surface area contributed by atoms with Gasteiger partial charge in [-0.15, -0.1) is 0 Å². The molecule has 1 aromatic rings. The molecule has 0 bridgehead atoms. The number of amides is 1. The number of carbonyl (C=O) groups is 2. The van der Waals surface area contributed by atoms with Crippen LogP contribution in [0.1, 0.15) is 74.7 Å². The zero-order valence-electron chi connectivity index (χ0n) is 16.3. The molecule has 0 N–H and O–H groups in total. The summed E-state index contributed by atoms with van der Waals surface area (Å²) in [6.07, 6.45) is 7.98. The van der Waals surface area contributed by atoms with E-state index in [1.807, 2.05) is 17.0 Å². The fourth-order valence-corrected chi connectivity index (χ4v) is 3.34. The van der Waals surface area contributed by atoms with Gasteiger partial charge in [-0.05, 0) is 49.8 Å². The number of hydrogen-bond donors (Lipinski definition) is 0. The van der Waals surface area contributed by atoms with E-state index in [0.29, 0.717) is 32.5 Å². The summed E-state index contributed by atoms with van der Waals surface area (Å²) in [6, 6.07) is 7.98. The Labute approximate surface area is 157 Å². The van der Waals surface area contributed by atoms with Crippen LogP contribution in [0.2, 0.25) is 0 Å². The fourth-order valence-electron chi connectivity index (χ4n) is 3.34. The van der Waals surface area contributed by atoms with Crippen molar-refractivity contribution in [3.8, 4) is 0 Å². The summed E-state index contributed by atoms with van der Waals surface area (Å²) in [4.78, 5) is 26.6. The first-order chi connectivity index (χ1) is 12.7. The van der Waals surface area contributed by atoms with Crippen molar-refractivity contribution < 1.29 is 14.3 Å². The molecule has 26 heavy (non-hydrogen) atoms. The highest BCUT2D eigenvalue weighted by Gasteiger charge is 2.28. The number of ether oxygens (including phenoxy) is 1. The molecule has 4 heteroatoms. The van der Waals surface area contributed by atoms with Gasteiger partial charge in [0.1, 0.15) is 0 Å². The van der Waals surface area contributed by atoms with Gasteiger partial charge in [-0.1, -0.05) is 45.2 Å². The van der Waals surface area contributed by atoms with Gasteiger partial charge >= 0.3 is 5.97 Å². The van der Waals surface area contributed by atoms with E-state index in [1.54, 1.807) is 0 Å². The number of nitrogens with zero attached hydrogens (tertiary/aromatic N) is 1. The van der Waals surface area contributed by atoms with Crippen molar-refractivity contribution in [1.29, 1.82) is 0 Å². The highest BCUT2D eigenvalue weighted by molar-refractivity contribution is 5.94. The van der Waals surface area contributed by atoms with Gasteiger partial charge in [-0.25, -0.2) is 0 Å². The number of aryl methyl sites for hydroxylation is 1. The Morgan fingerprint density at radius 2 is 1.65 bits per heavy atom. The van der Waals surface area contributed by atoms with Crippen LogP contribution in [0, 0.1) is 5.92 Å². The van der Waals surface area contributed by atoms with Crippen molar-refractivity contribution in [3.05, 3.63) is 35.4 Å². The molecule has 4 nitrogen and oxygen atoms in total. The van der Waals surface area contributed by atoms with Crippen molar-refractivity contribution in [2.75, 3.05) is 19.7 Å². The second kappa shape index (κ2) is 11.0. The van der Waals surface area contributed by atoms with Crippen molar-refractivity contribution in [3.63, 3.8) is 0 Å². The topological polar surface area (TPSA) is 46.6 Å². The maximum atomic E-state index is 12.7. The lowest BCUT2D eigenvalue weighted by Crippen LogP contribution is -2.40. The van der Waals surface area contributed by atoms with Crippen LogP contribution < -0.4 is 0 Å². The lowest BCUT2D eigenvalue weighted by molar-refractivity contribution is -0.150. The molecule has 0 radical (unpaired) electrons. The maximum absolute atomic E-state index is 12.7. The van der Waals surface area contributed by atoms with Crippen LogP contribution in [0.3, 0.4) is 0 Å². The third-order valence-electron chi connectivity index (χ3n) is 5.13. The molecule has 1 aliphatic heterocycles. The quantitative estimate of drug-likeness (QED) is 0.478. The molecular weight excluding hydrogens is 326 g/mol. The SMILES string of the molecule is CCCCCOC(=O)C1CCN(C(=O)c2ccc(CCCC)cc2)CC1. The molecule has 0 saturated carbocycles. The van der Waals surface area contributed by atoms with Crippen molar-refractivity contribution >= 4 is 11.9 Å². The third-order valence-corrected chi connectivity index (χ3v) is 5.13. The summed E-state index contributed by atoms with van der Waals surface area (Å²) in [5, 5.41) is 0. The third kappa shape index (κ3) is 6.15. The van der Waals surface area contributed by atoms with Crippen molar-refractivity contribution in [2.24, 2.45) is 5.92 Å².